The van der Waals surface area contributed by atoms with Crippen LogP contribution in [-0.2, 0) is 4.79 Å². The molecule has 5 nitrogen and oxygen atoms in total. The van der Waals surface area contributed by atoms with Crippen LogP contribution in [0, 0.1) is 10.1 Å². The van der Waals surface area contributed by atoms with Crippen molar-refractivity contribution >= 4 is 6.08 Å². The molecule has 0 aromatic heterocycles. The standard InChI is InChI=1S/CN2O3/c4-1-2-3(5)6. The molecule has 0 fully saturated rings. The largest absolute Gasteiger partial charge is 0.312 e. The average molecular weight is 88.0 g/mol. The smallest absolute Gasteiger partial charge is 0.232 e. The van der Waals surface area contributed by atoms with Crippen LogP contribution in [-0.4, -0.2) is 11.1 Å². The van der Waals surface area contributed by atoms with Crippen molar-refractivity contribution in [1.29, 1.82) is 0 Å². The maximum Gasteiger partial charge on any atom is 0.312 e. The van der Waals surface area contributed by atoms with Crippen molar-refractivity contribution in [2.24, 2.45) is 5.10 Å². The first kappa shape index (κ1) is 4.78. The summed E-state index contributed by atoms with van der Waals surface area (Å²) in [4.78, 5) is 17.9. The molecule has 0 aliphatic rings. The molecule has 0 amide bonds. The number of isocyanates is 1. The van der Waals surface area contributed by atoms with Crippen molar-refractivity contribution in [2.75, 3.05) is 0 Å². The first-order chi connectivity index (χ1) is 2.77. The highest BCUT2D eigenvalue weighted by Gasteiger charge is 1.78. The van der Waals surface area contributed by atoms with Gasteiger partial charge in [0.25, 0.3) is 0 Å². The summed E-state index contributed by atoms with van der Waals surface area (Å²) in [6, 6.07) is 0. The molecular weight excluding hydrogens is 88.0 g/mol. The molecule has 0 rings (SSSR count). The fraction of sp³-hybridized carbons (Fsp3) is 0. The Bertz CT molecular complexity index is 101. The van der Waals surface area contributed by atoms with Crippen LogP contribution < -0.4 is 0 Å². The zero-order chi connectivity index (χ0) is 4.99. The summed E-state index contributed by atoms with van der Waals surface area (Å²) >= 11 is 0. The van der Waals surface area contributed by atoms with Gasteiger partial charge < -0.3 is 0 Å². The van der Waals surface area contributed by atoms with Crippen molar-refractivity contribution < 1.29 is 9.83 Å². The highest BCUT2D eigenvalue weighted by Crippen LogP contribution is 1.57. The van der Waals surface area contributed by atoms with Gasteiger partial charge in [0.05, 0.1) is 0 Å². The minimum absolute atomic E-state index is 0.743. The molecule has 5 heteroatoms. The Morgan fingerprint density at radius 1 is 1.83 bits per heavy atom. The Balaban J connectivity index is 3.60. The summed E-state index contributed by atoms with van der Waals surface area (Å²) in [5, 5.41) is 9.90. The minimum Gasteiger partial charge on any atom is -0.232 e. The van der Waals surface area contributed by atoms with Gasteiger partial charge in [-0.3, -0.25) is 0 Å². The number of rotatable bonds is 1. The lowest BCUT2D eigenvalue weighted by Crippen LogP contribution is -1.80. The Labute approximate surface area is 32.4 Å². The zero-order valence-corrected chi connectivity index (χ0v) is 2.62. The number of carbonyl (C=O) groups excluding carboxylic acids is 1. The Morgan fingerprint density at radius 3 is 2.33 bits per heavy atom. The number of nitrogens with zero attached hydrogens (tertiary/aromatic N) is 2. The number of hydrogen-bond donors (Lipinski definition) is 0. The van der Waals surface area contributed by atoms with E-state index in [1.54, 1.807) is 0 Å². The van der Waals surface area contributed by atoms with Gasteiger partial charge in [-0.05, 0) is 0 Å². The van der Waals surface area contributed by atoms with Crippen LogP contribution in [0.1, 0.15) is 0 Å². The van der Waals surface area contributed by atoms with E-state index < -0.39 is 5.03 Å². The molecule has 0 saturated heterocycles. The predicted octanol–water partition coefficient (Wildman–Crippen LogP) is -0.486. The first-order valence-corrected chi connectivity index (χ1v) is 0.993. The molecule has 0 atom stereocenters. The van der Waals surface area contributed by atoms with Gasteiger partial charge in [0.15, 0.2) is 5.10 Å². The Kier molecular flexibility index (Phi) is 1.63. The quantitative estimate of drug-likeness (QED) is 0.188. The highest BCUT2D eigenvalue weighted by atomic mass is 16.7. The van der Waals surface area contributed by atoms with E-state index in [1.165, 1.54) is 0 Å². The van der Waals surface area contributed by atoms with Crippen LogP contribution in [0.2, 0.25) is 0 Å². The van der Waals surface area contributed by atoms with E-state index in [4.69, 9.17) is 14.9 Å². The molecule has 0 aromatic carbocycles. The Morgan fingerprint density at radius 2 is 2.33 bits per heavy atom. The van der Waals surface area contributed by atoms with Crippen molar-refractivity contribution in [3.63, 3.8) is 0 Å². The van der Waals surface area contributed by atoms with Gasteiger partial charge in [0.2, 0.25) is 5.03 Å². The van der Waals surface area contributed by atoms with Crippen LogP contribution in [0.5, 0.6) is 0 Å². The minimum atomic E-state index is -1.12. The van der Waals surface area contributed by atoms with Gasteiger partial charge >= 0.3 is 6.08 Å². The van der Waals surface area contributed by atoms with Crippen LogP contribution in [0.25, 0.3) is 0 Å². The van der Waals surface area contributed by atoms with E-state index in [0.717, 1.165) is 6.08 Å². The van der Waals surface area contributed by atoms with Crippen LogP contribution in [0.4, 0.5) is 0 Å². The number of nitro groups is 1. The molecule has 0 saturated carbocycles. The summed E-state index contributed by atoms with van der Waals surface area (Å²) in [5.41, 5.74) is 0. The third-order valence-electron chi connectivity index (χ3n) is 0.122. The lowest BCUT2D eigenvalue weighted by Gasteiger charge is -1.60. The maximum absolute atomic E-state index is 8.98. The van der Waals surface area contributed by atoms with E-state index in [0.29, 0.717) is 0 Å². The van der Waals surface area contributed by atoms with E-state index in [2.05, 4.69) is 0 Å². The van der Waals surface area contributed by atoms with Gasteiger partial charge in [-0.25, -0.2) is 14.9 Å². The summed E-state index contributed by atoms with van der Waals surface area (Å²) < 4.78 is 0. The van der Waals surface area contributed by atoms with Crippen LogP contribution in [0.3, 0.4) is 0 Å². The second-order valence-electron chi connectivity index (χ2n) is 0.429. The topological polar surface area (TPSA) is 72.6 Å². The normalized spacial score (nSPS) is 6.00. The van der Waals surface area contributed by atoms with E-state index >= 15 is 0 Å². The fourth-order valence-electron chi connectivity index (χ4n) is 0.0333. The number of hydrazone groups is 1. The molecule has 0 aliphatic carbocycles. The molecule has 0 heterocycles. The molecule has 6 heavy (non-hydrogen) atoms. The summed E-state index contributed by atoms with van der Waals surface area (Å²) in [7, 11) is 0. The maximum atomic E-state index is 8.98. The molecule has 0 aromatic rings. The monoisotopic (exact) mass is 88.0 g/mol. The lowest BCUT2D eigenvalue weighted by atomic mass is 11.6. The molecule has 0 unspecified atom stereocenters. The van der Waals surface area contributed by atoms with E-state index in [-0.39, 0.29) is 0 Å². The average Bonchev–Trinajstić information content (AvgIpc) is 1.35. The van der Waals surface area contributed by atoms with Gasteiger partial charge in [-0.1, -0.05) is 0 Å². The summed E-state index contributed by atoms with van der Waals surface area (Å²) in [6.45, 7) is 0. The number of hydrogen-bond acceptors (Lipinski definition) is 3. The second-order valence-corrected chi connectivity index (χ2v) is 0.429. The summed E-state index contributed by atoms with van der Waals surface area (Å²) in [6.07, 6.45) is 0.743. The van der Waals surface area contributed by atoms with Gasteiger partial charge in [0.1, 0.15) is 0 Å². The molecule has 0 radical (unpaired) electrons. The van der Waals surface area contributed by atoms with Gasteiger partial charge in [-0.15, -0.1) is 0 Å². The third kappa shape index (κ3) is 2.78. The molecule has 32 valence electrons. The second kappa shape index (κ2) is 2.04. The summed E-state index contributed by atoms with van der Waals surface area (Å²) in [5.74, 6) is 0. The first-order valence-electron chi connectivity index (χ1n) is 0.993. The van der Waals surface area contributed by atoms with Crippen LogP contribution >= 0.6 is 0 Å². The Hall–Kier alpha value is -1.22. The van der Waals surface area contributed by atoms with E-state index in [1.807, 2.05) is 5.10 Å². The van der Waals surface area contributed by atoms with Crippen molar-refractivity contribution in [3.8, 4) is 0 Å². The molecule has 0 aliphatic heterocycles. The predicted molar refractivity (Wildman–Crippen MR) is 15.1 cm³/mol. The molecule has 0 spiro atoms. The molecule has 0 bridgehead atoms. The SMILES string of the molecule is O=C=N[N+](=O)[O-]. The highest BCUT2D eigenvalue weighted by molar-refractivity contribution is 5.30. The lowest BCUT2D eigenvalue weighted by molar-refractivity contribution is -0.484. The van der Waals surface area contributed by atoms with Gasteiger partial charge in [-0.2, -0.15) is 0 Å². The van der Waals surface area contributed by atoms with Crippen LogP contribution in [0.15, 0.2) is 5.10 Å². The van der Waals surface area contributed by atoms with E-state index in [9.17, 15) is 0 Å². The van der Waals surface area contributed by atoms with Crippen molar-refractivity contribution in [1.82, 2.24) is 0 Å². The van der Waals surface area contributed by atoms with Gasteiger partial charge in [0, 0.05) is 0 Å². The zero-order valence-electron chi connectivity index (χ0n) is 2.62. The molecular formula is CN2O3. The third-order valence-corrected chi connectivity index (χ3v) is 0.122. The van der Waals surface area contributed by atoms with Crippen molar-refractivity contribution in [2.45, 2.75) is 0 Å². The van der Waals surface area contributed by atoms with Crippen molar-refractivity contribution in [3.05, 3.63) is 10.1 Å². The fourth-order valence-corrected chi connectivity index (χ4v) is 0.0333. The molecule has 0 N–H and O–H groups in total.